The molecule has 1 aromatic heterocycles. The van der Waals surface area contributed by atoms with Gasteiger partial charge in [-0.15, -0.1) is 5.98 Å². The number of hydrogen-bond donors (Lipinski definition) is 0. The van der Waals surface area contributed by atoms with Gasteiger partial charge in [-0.2, -0.15) is 0 Å². The third kappa shape index (κ3) is 6.51. The second kappa shape index (κ2) is 14.2. The van der Waals surface area contributed by atoms with Gasteiger partial charge in [0.2, 0.25) is 0 Å². The highest BCUT2D eigenvalue weighted by molar-refractivity contribution is 6.41. The summed E-state index contributed by atoms with van der Waals surface area (Å²) in [5.74, 6) is 1.66. The van der Waals surface area contributed by atoms with Crippen LogP contribution in [0.1, 0.15) is 42.0 Å². The lowest BCUT2D eigenvalue weighted by Gasteiger charge is -2.37. The smallest absolute Gasteiger partial charge is 0.103 e. The van der Waals surface area contributed by atoms with Crippen LogP contribution in [0.4, 0.5) is 0 Å². The topological polar surface area (TPSA) is 17.8 Å². The predicted octanol–water partition coefficient (Wildman–Crippen LogP) is 7.26. The minimum Gasteiger partial charge on any atom is -0.327 e. The Balaban J connectivity index is 0.000000194. The zero-order valence-electron chi connectivity index (χ0n) is 22.2. The van der Waals surface area contributed by atoms with E-state index in [0.29, 0.717) is 0 Å². The summed E-state index contributed by atoms with van der Waals surface area (Å²) in [6.07, 6.45) is 8.58. The molecule has 0 aliphatic rings. The van der Waals surface area contributed by atoms with Crippen molar-refractivity contribution in [3.63, 3.8) is 0 Å². The molecule has 0 saturated carbocycles. The van der Waals surface area contributed by atoms with E-state index in [2.05, 4.69) is 108 Å². The van der Waals surface area contributed by atoms with Crippen molar-refractivity contribution in [2.24, 2.45) is 0 Å². The highest BCUT2D eigenvalue weighted by Gasteiger charge is 2.35. The maximum Gasteiger partial charge on any atom is 0.103 e. The summed E-state index contributed by atoms with van der Waals surface area (Å²) in [6.45, 7) is 2.28. The summed E-state index contributed by atoms with van der Waals surface area (Å²) < 4.78 is 2.33. The van der Waals surface area contributed by atoms with Crippen molar-refractivity contribution < 1.29 is 0 Å². The number of rotatable bonds is 9. The van der Waals surface area contributed by atoms with Crippen molar-refractivity contribution in [1.82, 2.24) is 9.55 Å². The molecule has 2 radical (unpaired) electrons. The van der Waals surface area contributed by atoms with Gasteiger partial charge in [0.25, 0.3) is 0 Å². The monoisotopic (exact) mass is 510 g/mol. The van der Waals surface area contributed by atoms with Gasteiger partial charge in [0.15, 0.2) is 0 Å². The number of unbranched alkanes of at least 4 members (excludes halogenated alkanes) is 1. The Morgan fingerprint density at radius 1 is 0.763 bits per heavy atom. The van der Waals surface area contributed by atoms with Crippen LogP contribution in [0, 0.1) is 0 Å². The average molecular weight is 511 g/mol. The van der Waals surface area contributed by atoms with Crippen molar-refractivity contribution >= 4 is 22.9 Å². The fourth-order valence-electron chi connectivity index (χ4n) is 5.02. The lowest BCUT2D eigenvalue weighted by Crippen LogP contribution is -2.41. The van der Waals surface area contributed by atoms with E-state index in [9.17, 15) is 0 Å². The van der Waals surface area contributed by atoms with Gasteiger partial charge in [-0.3, -0.25) is 0 Å². The molecule has 1 heterocycles. The lowest BCUT2D eigenvalue weighted by molar-refractivity contribution is 0.588. The molecule has 0 atom stereocenters. The van der Waals surface area contributed by atoms with Gasteiger partial charge < -0.3 is 4.57 Å². The van der Waals surface area contributed by atoms with Crippen molar-refractivity contribution in [2.45, 2.75) is 31.0 Å². The fourth-order valence-corrected chi connectivity index (χ4v) is 7.78. The van der Waals surface area contributed by atoms with E-state index in [1.54, 1.807) is 5.98 Å². The molecular formula is C34H35BN2Si. The van der Waals surface area contributed by atoms with Crippen LogP contribution in [0.2, 0.25) is 6.04 Å². The quantitative estimate of drug-likeness (QED) is 0.151. The molecule has 5 rings (SSSR count). The van der Waals surface area contributed by atoms with Crippen LogP contribution in [0.25, 0.3) is 5.57 Å². The second-order valence-corrected chi connectivity index (χ2v) is 11.6. The molecule has 5 aromatic rings. The Morgan fingerprint density at radius 3 is 1.63 bits per heavy atom. The van der Waals surface area contributed by atoms with E-state index < -0.39 is 9.52 Å². The van der Waals surface area contributed by atoms with Gasteiger partial charge in [0, 0.05) is 12.4 Å². The van der Waals surface area contributed by atoms with Gasteiger partial charge in [0.1, 0.15) is 7.85 Å². The predicted molar refractivity (Wildman–Crippen MR) is 165 cm³/mol. The summed E-state index contributed by atoms with van der Waals surface area (Å²) >= 11 is 0. The number of nitrogens with zero attached hydrogens (tertiary/aromatic N) is 2. The minimum atomic E-state index is -0.435. The Morgan fingerprint density at radius 2 is 1.24 bits per heavy atom. The average Bonchev–Trinajstić information content (AvgIpc) is 3.54. The van der Waals surface area contributed by atoms with Crippen molar-refractivity contribution in [3.8, 4) is 0 Å². The van der Waals surface area contributed by atoms with Crippen LogP contribution in [0.3, 0.4) is 0 Å². The molecule has 2 nitrogen and oxygen atoms in total. The molecule has 188 valence electrons. The first-order valence-electron chi connectivity index (χ1n) is 13.4. The highest BCUT2D eigenvalue weighted by atomic mass is 28.2. The normalized spacial score (nSPS) is 11.1. The first-order chi connectivity index (χ1) is 18.8. The SMILES string of the molecule is CCCC[SiH2]C(c1ccccc1)(c1ccccc1)n1ccnc1.[B]C=C(c1ccccc1)c1ccccc1. The van der Waals surface area contributed by atoms with Gasteiger partial charge in [-0.05, 0) is 27.8 Å². The number of benzene rings is 4. The molecule has 0 bridgehead atoms. The third-order valence-electron chi connectivity index (χ3n) is 6.93. The zero-order chi connectivity index (χ0) is 26.5. The minimum absolute atomic E-state index is 0.0474. The maximum absolute atomic E-state index is 5.67. The van der Waals surface area contributed by atoms with Crippen LogP contribution >= 0.6 is 0 Å². The largest absolute Gasteiger partial charge is 0.327 e. The summed E-state index contributed by atoms with van der Waals surface area (Å²) in [5.41, 5.74) is 6.12. The first-order valence-corrected chi connectivity index (χ1v) is 15.1. The summed E-state index contributed by atoms with van der Waals surface area (Å²) in [5, 5.41) is -0.0474. The van der Waals surface area contributed by atoms with Crippen molar-refractivity contribution in [2.75, 3.05) is 0 Å². The van der Waals surface area contributed by atoms with Gasteiger partial charge in [0.05, 0.1) is 21.0 Å². The van der Waals surface area contributed by atoms with E-state index in [-0.39, 0.29) is 5.16 Å². The zero-order valence-corrected chi connectivity index (χ0v) is 23.6. The first kappa shape index (κ1) is 27.2. The van der Waals surface area contributed by atoms with Crippen LogP contribution in [0.5, 0.6) is 0 Å². The molecule has 0 fully saturated rings. The fraction of sp³-hybridized carbons (Fsp3) is 0.147. The second-order valence-electron chi connectivity index (χ2n) is 9.33. The molecule has 0 spiro atoms. The summed E-state index contributed by atoms with van der Waals surface area (Å²) in [4.78, 5) is 4.35. The van der Waals surface area contributed by atoms with Crippen LogP contribution in [0.15, 0.2) is 146 Å². The molecule has 0 aliphatic heterocycles. The van der Waals surface area contributed by atoms with Crippen LogP contribution in [-0.4, -0.2) is 26.9 Å². The standard InChI is InChI=1S/C20H24N2Si.C14H11B/c1-2-3-16-23-20(22-15-14-21-17-22,18-10-6-4-7-11-18)19-12-8-5-9-13-19;15-11-14(12-7-3-1-4-8-12)13-9-5-2-6-10-13/h4-15,17H,2-3,16,23H2,1H3;1-11H. The summed E-state index contributed by atoms with van der Waals surface area (Å²) in [7, 11) is 5.24. The van der Waals surface area contributed by atoms with Crippen LogP contribution in [-0.2, 0) is 5.16 Å². The molecule has 0 saturated heterocycles. The van der Waals surface area contributed by atoms with Gasteiger partial charge in [-0.25, -0.2) is 4.98 Å². The van der Waals surface area contributed by atoms with E-state index in [1.165, 1.54) is 30.0 Å². The van der Waals surface area contributed by atoms with E-state index in [4.69, 9.17) is 7.85 Å². The molecule has 38 heavy (non-hydrogen) atoms. The van der Waals surface area contributed by atoms with E-state index >= 15 is 0 Å². The van der Waals surface area contributed by atoms with E-state index in [1.807, 2.05) is 48.9 Å². The van der Waals surface area contributed by atoms with Gasteiger partial charge in [-0.1, -0.05) is 147 Å². The molecule has 0 amide bonds. The Bertz CT molecular complexity index is 1270. The summed E-state index contributed by atoms with van der Waals surface area (Å²) in [6, 6.07) is 43.5. The third-order valence-corrected chi connectivity index (χ3v) is 9.69. The Hall–Kier alpha value is -3.89. The molecule has 0 aliphatic carbocycles. The molecular weight excluding hydrogens is 475 g/mol. The molecule has 0 unspecified atom stereocenters. The number of aromatic nitrogens is 2. The Labute approximate surface area is 231 Å². The number of imidazole rings is 1. The lowest BCUT2D eigenvalue weighted by atomic mass is 9.92. The van der Waals surface area contributed by atoms with Crippen molar-refractivity contribution in [1.29, 1.82) is 0 Å². The molecule has 4 heteroatoms. The molecule has 4 aromatic carbocycles. The number of hydrogen-bond acceptors (Lipinski definition) is 1. The van der Waals surface area contributed by atoms with Crippen molar-refractivity contribution in [3.05, 3.63) is 168 Å². The maximum atomic E-state index is 5.67. The van der Waals surface area contributed by atoms with E-state index in [0.717, 1.165) is 16.7 Å². The van der Waals surface area contributed by atoms with Gasteiger partial charge >= 0.3 is 0 Å². The highest BCUT2D eigenvalue weighted by Crippen LogP contribution is 2.34. The Kier molecular flexibility index (Phi) is 10.1. The molecule has 0 N–H and O–H groups in total. The van der Waals surface area contributed by atoms with Crippen LogP contribution < -0.4 is 0 Å².